The Morgan fingerprint density at radius 1 is 1.23 bits per heavy atom. The summed E-state index contributed by atoms with van der Waals surface area (Å²) >= 11 is 12.2. The first-order valence-corrected chi connectivity index (χ1v) is 8.37. The van der Waals surface area contributed by atoms with Crippen molar-refractivity contribution < 1.29 is 9.13 Å². The maximum Gasteiger partial charge on any atom is 0.248 e. The highest BCUT2D eigenvalue weighted by atomic mass is 35.5. The van der Waals surface area contributed by atoms with Crippen molar-refractivity contribution in [3.63, 3.8) is 0 Å². The first kappa shape index (κ1) is 18.2. The van der Waals surface area contributed by atoms with E-state index < -0.39 is 11.9 Å². The van der Waals surface area contributed by atoms with Gasteiger partial charge in [0.1, 0.15) is 11.9 Å². The summed E-state index contributed by atoms with van der Waals surface area (Å²) in [5.74, 6) is -0.175. The Labute approximate surface area is 158 Å². The minimum absolute atomic E-state index is 0.109. The second-order valence-corrected chi connectivity index (χ2v) is 6.35. The molecule has 0 saturated carbocycles. The van der Waals surface area contributed by atoms with E-state index in [1.807, 2.05) is 0 Å². The van der Waals surface area contributed by atoms with Crippen LogP contribution in [0.4, 0.5) is 10.2 Å². The van der Waals surface area contributed by atoms with E-state index in [1.165, 1.54) is 30.6 Å². The van der Waals surface area contributed by atoms with Crippen molar-refractivity contribution in [3.05, 3.63) is 74.5 Å². The molecule has 1 unspecified atom stereocenters. The van der Waals surface area contributed by atoms with Crippen molar-refractivity contribution in [2.75, 3.05) is 5.73 Å². The van der Waals surface area contributed by atoms with Gasteiger partial charge in [-0.25, -0.2) is 9.37 Å². The monoisotopic (exact) mass is 393 g/mol. The molecule has 0 bridgehead atoms. The van der Waals surface area contributed by atoms with Gasteiger partial charge in [0.15, 0.2) is 11.6 Å². The van der Waals surface area contributed by atoms with Crippen LogP contribution >= 0.6 is 23.2 Å². The number of nitrogens with two attached hydrogens (primary N) is 1. The minimum Gasteiger partial charge on any atom is -0.482 e. The second kappa shape index (κ2) is 7.35. The topological polar surface area (TPSA) is 81.0 Å². The van der Waals surface area contributed by atoms with Gasteiger partial charge in [-0.05, 0) is 36.8 Å². The zero-order valence-corrected chi connectivity index (χ0v) is 15.1. The normalized spacial score (nSPS) is 12.0. The number of H-pyrrole nitrogens is 1. The number of rotatable bonds is 4. The third-order valence-electron chi connectivity index (χ3n) is 3.78. The molecule has 0 saturated heterocycles. The molecule has 3 aromatic rings. The van der Waals surface area contributed by atoms with Crippen molar-refractivity contribution >= 4 is 29.0 Å². The van der Waals surface area contributed by atoms with Crippen LogP contribution in [0.5, 0.6) is 5.75 Å². The molecule has 0 amide bonds. The first-order chi connectivity index (χ1) is 12.4. The Bertz CT molecular complexity index is 1020. The molecule has 134 valence electrons. The molecular formula is C18H14Cl2FN3O2. The van der Waals surface area contributed by atoms with Crippen LogP contribution in [-0.2, 0) is 0 Å². The Morgan fingerprint density at radius 3 is 2.73 bits per heavy atom. The number of ether oxygens (including phenoxy) is 1. The first-order valence-electron chi connectivity index (χ1n) is 7.61. The number of nitrogen functional groups attached to an aromatic ring is 1. The van der Waals surface area contributed by atoms with Gasteiger partial charge < -0.3 is 15.5 Å². The fourth-order valence-corrected chi connectivity index (χ4v) is 3.17. The lowest BCUT2D eigenvalue weighted by Crippen LogP contribution is -2.08. The van der Waals surface area contributed by atoms with E-state index in [9.17, 15) is 9.18 Å². The maximum absolute atomic E-state index is 13.7. The zero-order chi connectivity index (χ0) is 18.8. The van der Waals surface area contributed by atoms with Crippen LogP contribution in [0.2, 0.25) is 10.0 Å². The number of nitrogens with one attached hydrogen (secondary N) is 1. The quantitative estimate of drug-likeness (QED) is 0.634. The second-order valence-electron chi connectivity index (χ2n) is 5.57. The Kier molecular flexibility index (Phi) is 5.15. The van der Waals surface area contributed by atoms with Crippen LogP contribution < -0.4 is 16.0 Å². The summed E-state index contributed by atoms with van der Waals surface area (Å²) in [7, 11) is 0. The Balaban J connectivity index is 1.97. The van der Waals surface area contributed by atoms with E-state index in [0.29, 0.717) is 16.7 Å². The average Bonchev–Trinajstić information content (AvgIpc) is 2.60. The molecule has 2 aromatic heterocycles. The summed E-state index contributed by atoms with van der Waals surface area (Å²) < 4.78 is 19.6. The van der Waals surface area contributed by atoms with Crippen molar-refractivity contribution in [1.82, 2.24) is 9.97 Å². The van der Waals surface area contributed by atoms with Crippen LogP contribution in [0, 0.1) is 5.82 Å². The van der Waals surface area contributed by atoms with Gasteiger partial charge in [0, 0.05) is 34.6 Å². The number of aromatic nitrogens is 2. The molecule has 3 rings (SSSR count). The fraction of sp³-hybridized carbons (Fsp3) is 0.111. The Hall–Kier alpha value is -2.57. The van der Waals surface area contributed by atoms with Gasteiger partial charge in [-0.1, -0.05) is 23.2 Å². The van der Waals surface area contributed by atoms with Gasteiger partial charge in [0.05, 0.1) is 5.02 Å². The van der Waals surface area contributed by atoms with Gasteiger partial charge in [-0.2, -0.15) is 0 Å². The molecule has 0 radical (unpaired) electrons. The summed E-state index contributed by atoms with van der Waals surface area (Å²) in [5.41, 5.74) is 7.25. The highest BCUT2D eigenvalue weighted by Gasteiger charge is 2.20. The number of nitrogens with zero attached hydrogens (tertiary/aromatic N) is 1. The van der Waals surface area contributed by atoms with Gasteiger partial charge >= 0.3 is 0 Å². The number of anilines is 1. The average molecular weight is 394 g/mol. The summed E-state index contributed by atoms with van der Waals surface area (Å²) in [5, 5.41) is 0.170. The van der Waals surface area contributed by atoms with Crippen LogP contribution in [0.1, 0.15) is 18.6 Å². The van der Waals surface area contributed by atoms with Gasteiger partial charge in [-0.15, -0.1) is 0 Å². The third-order valence-corrected chi connectivity index (χ3v) is 4.49. The zero-order valence-electron chi connectivity index (χ0n) is 13.6. The minimum atomic E-state index is -0.677. The maximum atomic E-state index is 13.7. The van der Waals surface area contributed by atoms with E-state index in [2.05, 4.69) is 9.97 Å². The van der Waals surface area contributed by atoms with Crippen LogP contribution in [-0.4, -0.2) is 9.97 Å². The number of hydrogen-bond acceptors (Lipinski definition) is 4. The van der Waals surface area contributed by atoms with E-state index in [4.69, 9.17) is 33.7 Å². The number of halogens is 3. The molecule has 0 aliphatic heterocycles. The van der Waals surface area contributed by atoms with Crippen molar-refractivity contribution in [2.45, 2.75) is 13.0 Å². The van der Waals surface area contributed by atoms with Crippen LogP contribution in [0.3, 0.4) is 0 Å². The number of benzene rings is 1. The SMILES string of the molecule is CC(Oc1cc(-c2cc[nH]c(=O)c2)cnc1N)c1c(Cl)ccc(F)c1Cl. The predicted octanol–water partition coefficient (Wildman–Crippen LogP) is 4.61. The lowest BCUT2D eigenvalue weighted by molar-refractivity contribution is 0.227. The lowest BCUT2D eigenvalue weighted by Gasteiger charge is -2.19. The van der Waals surface area contributed by atoms with Gasteiger partial charge in [-0.3, -0.25) is 4.79 Å². The molecule has 0 spiro atoms. The number of aromatic amines is 1. The summed E-state index contributed by atoms with van der Waals surface area (Å²) in [4.78, 5) is 18.1. The van der Waals surface area contributed by atoms with E-state index in [1.54, 1.807) is 19.1 Å². The molecule has 1 aromatic carbocycles. The molecule has 0 fully saturated rings. The van der Waals surface area contributed by atoms with E-state index in [0.717, 1.165) is 0 Å². The summed E-state index contributed by atoms with van der Waals surface area (Å²) in [6.45, 7) is 1.67. The Morgan fingerprint density at radius 2 is 2.00 bits per heavy atom. The van der Waals surface area contributed by atoms with Crippen LogP contribution in [0.15, 0.2) is 47.5 Å². The molecule has 1 atom stereocenters. The van der Waals surface area contributed by atoms with Gasteiger partial charge in [0.2, 0.25) is 5.56 Å². The molecular weight excluding hydrogens is 380 g/mol. The smallest absolute Gasteiger partial charge is 0.248 e. The summed E-state index contributed by atoms with van der Waals surface area (Å²) in [6.07, 6.45) is 2.39. The molecule has 0 aliphatic carbocycles. The molecule has 8 heteroatoms. The van der Waals surface area contributed by atoms with Gasteiger partial charge in [0.25, 0.3) is 0 Å². The lowest BCUT2D eigenvalue weighted by atomic mass is 10.1. The van der Waals surface area contributed by atoms with Crippen molar-refractivity contribution in [2.24, 2.45) is 0 Å². The van der Waals surface area contributed by atoms with Crippen molar-refractivity contribution in [3.8, 4) is 16.9 Å². The predicted molar refractivity (Wildman–Crippen MR) is 100 cm³/mol. The molecule has 5 nitrogen and oxygen atoms in total. The van der Waals surface area contributed by atoms with Crippen molar-refractivity contribution in [1.29, 1.82) is 0 Å². The summed E-state index contributed by atoms with van der Waals surface area (Å²) in [6, 6.07) is 7.40. The van der Waals surface area contributed by atoms with E-state index >= 15 is 0 Å². The highest BCUT2D eigenvalue weighted by Crippen LogP contribution is 2.36. The van der Waals surface area contributed by atoms with Crippen LogP contribution in [0.25, 0.3) is 11.1 Å². The molecule has 3 N–H and O–H groups in total. The highest BCUT2D eigenvalue weighted by molar-refractivity contribution is 6.36. The van der Waals surface area contributed by atoms with E-state index in [-0.39, 0.29) is 27.2 Å². The molecule has 26 heavy (non-hydrogen) atoms. The third kappa shape index (κ3) is 3.66. The fourth-order valence-electron chi connectivity index (χ4n) is 2.50. The standard InChI is InChI=1S/C18H14Cl2FN3O2/c1-9(16-12(19)2-3-13(21)17(16)20)26-14-6-11(8-24-18(14)22)10-4-5-23-15(25)7-10/h2-9H,1H3,(H2,22,24)(H,23,25). The molecule has 0 aliphatic rings. The molecule has 2 heterocycles. The number of hydrogen-bond donors (Lipinski definition) is 2. The number of pyridine rings is 2. The largest absolute Gasteiger partial charge is 0.482 e.